The molecule has 0 aliphatic carbocycles. The van der Waals surface area contributed by atoms with Gasteiger partial charge in [0.1, 0.15) is 5.82 Å². The lowest BCUT2D eigenvalue weighted by Crippen LogP contribution is -2.19. The zero-order valence-electron chi connectivity index (χ0n) is 13.1. The number of rotatable bonds is 6. The number of sulfone groups is 1. The van der Waals surface area contributed by atoms with Gasteiger partial charge >= 0.3 is 0 Å². The second-order valence-electron chi connectivity index (χ2n) is 5.74. The maximum absolute atomic E-state index is 12.1. The van der Waals surface area contributed by atoms with Crippen LogP contribution in [0.1, 0.15) is 12.0 Å². The molecule has 1 atom stereocenters. The summed E-state index contributed by atoms with van der Waals surface area (Å²) in [7, 11) is -2.90. The standard InChI is InChI=1S/C16H19N3O3S2/c20-16(11-23-14-7-9-24(21,22)12-14)18-15-6-8-17-19(15)10-13-4-2-1-3-5-13/h1-6,8,14H,7,9-12H2,(H,18,20). The monoisotopic (exact) mass is 365 g/mol. The van der Waals surface area contributed by atoms with Gasteiger partial charge in [0, 0.05) is 11.3 Å². The molecule has 0 spiro atoms. The third-order valence-corrected chi connectivity index (χ3v) is 7.08. The van der Waals surface area contributed by atoms with E-state index in [1.54, 1.807) is 16.9 Å². The van der Waals surface area contributed by atoms with Crippen molar-refractivity contribution in [3.8, 4) is 0 Å². The van der Waals surface area contributed by atoms with Crippen LogP contribution in [0.5, 0.6) is 0 Å². The molecule has 1 aromatic carbocycles. The van der Waals surface area contributed by atoms with Crippen LogP contribution in [0.3, 0.4) is 0 Å². The topological polar surface area (TPSA) is 81.1 Å². The van der Waals surface area contributed by atoms with Crippen LogP contribution in [0, 0.1) is 0 Å². The average molecular weight is 365 g/mol. The largest absolute Gasteiger partial charge is 0.310 e. The second kappa shape index (κ2) is 7.40. The van der Waals surface area contributed by atoms with Gasteiger partial charge in [0.25, 0.3) is 0 Å². The Hall–Kier alpha value is -1.80. The summed E-state index contributed by atoms with van der Waals surface area (Å²) < 4.78 is 24.6. The van der Waals surface area contributed by atoms with E-state index >= 15 is 0 Å². The van der Waals surface area contributed by atoms with Crippen molar-refractivity contribution in [3.05, 3.63) is 48.2 Å². The summed E-state index contributed by atoms with van der Waals surface area (Å²) in [5.41, 5.74) is 1.10. The summed E-state index contributed by atoms with van der Waals surface area (Å²) in [4.78, 5) is 12.1. The van der Waals surface area contributed by atoms with Gasteiger partial charge in [-0.15, -0.1) is 11.8 Å². The first-order valence-electron chi connectivity index (χ1n) is 7.69. The molecular formula is C16H19N3O3S2. The molecule has 128 valence electrons. The molecule has 0 bridgehead atoms. The van der Waals surface area contributed by atoms with Crippen LogP contribution in [0.15, 0.2) is 42.6 Å². The van der Waals surface area contributed by atoms with E-state index in [-0.39, 0.29) is 28.4 Å². The highest BCUT2D eigenvalue weighted by molar-refractivity contribution is 8.02. The van der Waals surface area contributed by atoms with Crippen molar-refractivity contribution < 1.29 is 13.2 Å². The summed E-state index contributed by atoms with van der Waals surface area (Å²) in [6.07, 6.45) is 2.28. The minimum Gasteiger partial charge on any atom is -0.310 e. The third-order valence-electron chi connectivity index (χ3n) is 3.80. The van der Waals surface area contributed by atoms with Crippen LogP contribution >= 0.6 is 11.8 Å². The van der Waals surface area contributed by atoms with E-state index in [1.807, 2.05) is 30.3 Å². The van der Waals surface area contributed by atoms with Crippen LogP contribution in [-0.2, 0) is 21.2 Å². The number of thioether (sulfide) groups is 1. The number of hydrogen-bond donors (Lipinski definition) is 1. The number of aromatic nitrogens is 2. The number of nitrogens with one attached hydrogen (secondary N) is 1. The summed E-state index contributed by atoms with van der Waals surface area (Å²) in [6, 6.07) is 11.6. The van der Waals surface area contributed by atoms with E-state index in [4.69, 9.17) is 0 Å². The van der Waals surface area contributed by atoms with Gasteiger partial charge < -0.3 is 5.32 Å². The molecule has 1 aliphatic heterocycles. The van der Waals surface area contributed by atoms with Crippen molar-refractivity contribution in [2.45, 2.75) is 18.2 Å². The number of nitrogens with zero attached hydrogens (tertiary/aromatic N) is 2. The average Bonchev–Trinajstić information content (AvgIpc) is 3.12. The molecule has 1 saturated heterocycles. The molecule has 8 heteroatoms. The van der Waals surface area contributed by atoms with Crippen LogP contribution in [0.25, 0.3) is 0 Å². The molecule has 6 nitrogen and oxygen atoms in total. The van der Waals surface area contributed by atoms with Crippen molar-refractivity contribution in [2.75, 3.05) is 22.6 Å². The fourth-order valence-corrected chi connectivity index (χ4v) is 6.03. The minimum atomic E-state index is -2.90. The van der Waals surface area contributed by atoms with Crippen molar-refractivity contribution >= 4 is 33.3 Å². The van der Waals surface area contributed by atoms with Gasteiger partial charge in [-0.05, 0) is 12.0 Å². The highest BCUT2D eigenvalue weighted by Gasteiger charge is 2.28. The molecule has 1 N–H and O–H groups in total. The molecule has 0 radical (unpaired) electrons. The van der Waals surface area contributed by atoms with E-state index in [9.17, 15) is 13.2 Å². The van der Waals surface area contributed by atoms with Crippen LogP contribution in [-0.4, -0.2) is 46.6 Å². The molecule has 24 heavy (non-hydrogen) atoms. The van der Waals surface area contributed by atoms with Gasteiger partial charge in [-0.2, -0.15) is 5.10 Å². The lowest BCUT2D eigenvalue weighted by atomic mass is 10.2. The SMILES string of the molecule is O=C(CSC1CCS(=O)(=O)C1)Nc1ccnn1Cc1ccccc1. The first-order chi connectivity index (χ1) is 11.5. The van der Waals surface area contributed by atoms with E-state index in [0.29, 0.717) is 18.8 Å². The van der Waals surface area contributed by atoms with Gasteiger partial charge in [0.2, 0.25) is 5.91 Å². The second-order valence-corrected chi connectivity index (χ2v) is 9.26. The zero-order chi connectivity index (χ0) is 17.0. The van der Waals surface area contributed by atoms with E-state index in [0.717, 1.165) is 5.56 Å². The van der Waals surface area contributed by atoms with Crippen LogP contribution < -0.4 is 5.32 Å². The number of carbonyl (C=O) groups excluding carboxylic acids is 1. The molecule has 1 aliphatic rings. The Morgan fingerprint density at radius 2 is 2.08 bits per heavy atom. The third kappa shape index (κ3) is 4.61. The van der Waals surface area contributed by atoms with Gasteiger partial charge in [-0.25, -0.2) is 13.1 Å². The number of carbonyl (C=O) groups is 1. The summed E-state index contributed by atoms with van der Waals surface area (Å²) in [5.74, 6) is 1.16. The van der Waals surface area contributed by atoms with Gasteiger partial charge in [-0.3, -0.25) is 4.79 Å². The maximum Gasteiger partial charge on any atom is 0.235 e. The van der Waals surface area contributed by atoms with E-state index in [1.165, 1.54) is 11.8 Å². The first-order valence-corrected chi connectivity index (χ1v) is 10.6. The fourth-order valence-electron chi connectivity index (χ4n) is 2.59. The number of benzene rings is 1. The van der Waals surface area contributed by atoms with Gasteiger partial charge in [-0.1, -0.05) is 30.3 Å². The van der Waals surface area contributed by atoms with Crippen LogP contribution in [0.4, 0.5) is 5.82 Å². The molecule has 1 unspecified atom stereocenters. The quantitative estimate of drug-likeness (QED) is 0.844. The molecule has 0 saturated carbocycles. The van der Waals surface area contributed by atoms with Gasteiger partial charge in [0.05, 0.1) is 30.0 Å². The predicted molar refractivity (Wildman–Crippen MR) is 95.9 cm³/mol. The molecular weight excluding hydrogens is 346 g/mol. The highest BCUT2D eigenvalue weighted by atomic mass is 32.2. The Bertz CT molecular complexity index is 803. The lowest BCUT2D eigenvalue weighted by molar-refractivity contribution is -0.113. The number of amides is 1. The molecule has 1 amide bonds. The van der Waals surface area contributed by atoms with Crippen molar-refractivity contribution in [3.63, 3.8) is 0 Å². The normalized spacial score (nSPS) is 19.2. The fraction of sp³-hybridized carbons (Fsp3) is 0.375. The Morgan fingerprint density at radius 1 is 1.29 bits per heavy atom. The highest BCUT2D eigenvalue weighted by Crippen LogP contribution is 2.24. The summed E-state index contributed by atoms with van der Waals surface area (Å²) in [5, 5.41) is 7.11. The minimum absolute atomic E-state index is 0.0231. The molecule has 2 aromatic rings. The Labute approximate surface area is 145 Å². The molecule has 1 fully saturated rings. The lowest BCUT2D eigenvalue weighted by Gasteiger charge is -2.10. The zero-order valence-corrected chi connectivity index (χ0v) is 14.7. The van der Waals surface area contributed by atoms with Crippen molar-refractivity contribution in [1.29, 1.82) is 0 Å². The first kappa shape index (κ1) is 17.0. The number of hydrogen-bond acceptors (Lipinski definition) is 5. The number of anilines is 1. The summed E-state index contributed by atoms with van der Waals surface area (Å²) in [6.45, 7) is 0.581. The van der Waals surface area contributed by atoms with E-state index < -0.39 is 9.84 Å². The van der Waals surface area contributed by atoms with Crippen molar-refractivity contribution in [1.82, 2.24) is 9.78 Å². The Balaban J connectivity index is 1.53. The predicted octanol–water partition coefficient (Wildman–Crippen LogP) is 1.79. The molecule has 3 rings (SSSR count). The van der Waals surface area contributed by atoms with Crippen molar-refractivity contribution in [2.24, 2.45) is 0 Å². The molecule has 1 aromatic heterocycles. The van der Waals surface area contributed by atoms with Crippen LogP contribution in [0.2, 0.25) is 0 Å². The Morgan fingerprint density at radius 3 is 2.79 bits per heavy atom. The maximum atomic E-state index is 12.1. The smallest absolute Gasteiger partial charge is 0.235 e. The molecule has 2 heterocycles. The Kier molecular flexibility index (Phi) is 5.25. The van der Waals surface area contributed by atoms with Gasteiger partial charge in [0.15, 0.2) is 9.84 Å². The summed E-state index contributed by atoms with van der Waals surface area (Å²) >= 11 is 1.41. The van der Waals surface area contributed by atoms with E-state index in [2.05, 4.69) is 10.4 Å².